The summed E-state index contributed by atoms with van der Waals surface area (Å²) < 4.78 is 14.1. The van der Waals surface area contributed by atoms with Gasteiger partial charge in [0, 0.05) is 16.7 Å². The second-order valence-electron chi connectivity index (χ2n) is 4.00. The Kier molecular flexibility index (Phi) is 3.62. The van der Waals surface area contributed by atoms with Crippen LogP contribution in [-0.4, -0.2) is 6.54 Å². The Labute approximate surface area is 98.2 Å². The van der Waals surface area contributed by atoms with Crippen molar-refractivity contribution in [1.82, 2.24) is 0 Å². The van der Waals surface area contributed by atoms with E-state index < -0.39 is 0 Å². The van der Waals surface area contributed by atoms with Crippen molar-refractivity contribution in [1.29, 1.82) is 0 Å². The molecule has 0 radical (unpaired) electrons. The van der Waals surface area contributed by atoms with Gasteiger partial charge in [0.15, 0.2) is 0 Å². The summed E-state index contributed by atoms with van der Waals surface area (Å²) in [6.45, 7) is 0.947. The van der Waals surface area contributed by atoms with Crippen molar-refractivity contribution in [2.24, 2.45) is 0 Å². The number of anilines is 1. The van der Waals surface area contributed by atoms with Crippen LogP contribution in [0.5, 0.6) is 0 Å². The monoisotopic (exact) mass is 271 g/mol. The lowest BCUT2D eigenvalue weighted by Crippen LogP contribution is -2.03. The fraction of sp³-hybridized carbons (Fsp3) is 0.500. The van der Waals surface area contributed by atoms with E-state index in [9.17, 15) is 4.39 Å². The van der Waals surface area contributed by atoms with Crippen molar-refractivity contribution >= 4 is 21.6 Å². The number of hydrogen-bond donors (Lipinski definition) is 1. The first kappa shape index (κ1) is 10.9. The van der Waals surface area contributed by atoms with Crippen LogP contribution in [0.4, 0.5) is 10.1 Å². The zero-order chi connectivity index (χ0) is 10.7. The number of hydrogen-bond acceptors (Lipinski definition) is 1. The molecule has 1 heterocycles. The molecule has 3 heteroatoms. The van der Waals surface area contributed by atoms with Crippen LogP contribution in [0.25, 0.3) is 0 Å². The molecule has 0 saturated carbocycles. The highest BCUT2D eigenvalue weighted by molar-refractivity contribution is 9.10. The van der Waals surface area contributed by atoms with Gasteiger partial charge in [-0.25, -0.2) is 4.39 Å². The lowest BCUT2D eigenvalue weighted by Gasteiger charge is -2.12. The summed E-state index contributed by atoms with van der Waals surface area (Å²) >= 11 is 3.44. The van der Waals surface area contributed by atoms with E-state index in [0.29, 0.717) is 0 Å². The van der Waals surface area contributed by atoms with Gasteiger partial charge < -0.3 is 5.32 Å². The van der Waals surface area contributed by atoms with E-state index in [1.165, 1.54) is 31.2 Å². The average Bonchev–Trinajstić information content (AvgIpc) is 2.29. The third-order valence-electron chi connectivity index (χ3n) is 2.83. The van der Waals surface area contributed by atoms with Gasteiger partial charge in [-0.1, -0.05) is 28.8 Å². The molecular weight excluding hydrogens is 257 g/mol. The minimum atomic E-state index is -0.174. The molecule has 1 N–H and O–H groups in total. The first-order chi connectivity index (χ1) is 7.27. The van der Waals surface area contributed by atoms with Gasteiger partial charge >= 0.3 is 0 Å². The average molecular weight is 272 g/mol. The maximum atomic E-state index is 13.2. The van der Waals surface area contributed by atoms with Gasteiger partial charge in [0.05, 0.1) is 0 Å². The Hall–Kier alpha value is -0.570. The third kappa shape index (κ3) is 2.71. The van der Waals surface area contributed by atoms with Crippen molar-refractivity contribution in [3.8, 4) is 0 Å². The van der Waals surface area contributed by atoms with Crippen LogP contribution >= 0.6 is 15.9 Å². The largest absolute Gasteiger partial charge is 0.385 e. The van der Waals surface area contributed by atoms with Gasteiger partial charge in [0.1, 0.15) is 5.82 Å². The molecule has 0 aliphatic carbocycles. The topological polar surface area (TPSA) is 12.0 Å². The van der Waals surface area contributed by atoms with Crippen LogP contribution in [0, 0.1) is 5.82 Å². The fourth-order valence-electron chi connectivity index (χ4n) is 2.02. The standard InChI is InChI=1S/C12H15BrFN/c13-11-7-9(14)8-12-10(11)5-3-1-2-4-6-15-12/h7-8,15H,1-6H2. The molecular formula is C12H15BrFN. The Morgan fingerprint density at radius 3 is 2.80 bits per heavy atom. The summed E-state index contributed by atoms with van der Waals surface area (Å²) in [6.07, 6.45) is 5.93. The van der Waals surface area contributed by atoms with Crippen LogP contribution in [-0.2, 0) is 6.42 Å². The Morgan fingerprint density at radius 1 is 1.13 bits per heavy atom. The van der Waals surface area contributed by atoms with Gasteiger partial charge in [0.2, 0.25) is 0 Å². The predicted molar refractivity (Wildman–Crippen MR) is 64.8 cm³/mol. The lowest BCUT2D eigenvalue weighted by molar-refractivity contribution is 0.626. The molecule has 0 spiro atoms. The number of nitrogens with one attached hydrogen (secondary N) is 1. The summed E-state index contributed by atoms with van der Waals surface area (Å²) in [7, 11) is 0. The summed E-state index contributed by atoms with van der Waals surface area (Å²) in [5, 5.41) is 3.32. The molecule has 0 aromatic heterocycles. The fourth-order valence-corrected chi connectivity index (χ4v) is 2.65. The number of halogens is 2. The minimum absolute atomic E-state index is 0.174. The lowest BCUT2D eigenvalue weighted by atomic mass is 10.1. The molecule has 0 atom stereocenters. The van der Waals surface area contributed by atoms with Gasteiger partial charge in [0.25, 0.3) is 0 Å². The summed E-state index contributed by atoms with van der Waals surface area (Å²) in [5.74, 6) is -0.174. The Morgan fingerprint density at radius 2 is 1.93 bits per heavy atom. The quantitative estimate of drug-likeness (QED) is 0.749. The maximum Gasteiger partial charge on any atom is 0.126 e. The van der Waals surface area contributed by atoms with E-state index in [1.54, 1.807) is 12.1 Å². The molecule has 82 valence electrons. The third-order valence-corrected chi connectivity index (χ3v) is 3.54. The molecule has 0 fully saturated rings. The van der Waals surface area contributed by atoms with E-state index in [0.717, 1.165) is 23.1 Å². The van der Waals surface area contributed by atoms with Gasteiger partial charge in [-0.2, -0.15) is 0 Å². The number of benzene rings is 1. The normalized spacial score (nSPS) is 16.9. The maximum absolute atomic E-state index is 13.2. The molecule has 0 bridgehead atoms. The van der Waals surface area contributed by atoms with Crippen LogP contribution in [0.1, 0.15) is 31.2 Å². The molecule has 1 aromatic carbocycles. The summed E-state index contributed by atoms with van der Waals surface area (Å²) in [5.41, 5.74) is 2.18. The smallest absolute Gasteiger partial charge is 0.126 e. The van der Waals surface area contributed by atoms with Crippen LogP contribution in [0.15, 0.2) is 16.6 Å². The molecule has 0 saturated heterocycles. The molecule has 1 nitrogen and oxygen atoms in total. The summed E-state index contributed by atoms with van der Waals surface area (Å²) in [4.78, 5) is 0. The van der Waals surface area contributed by atoms with E-state index in [4.69, 9.17) is 0 Å². The van der Waals surface area contributed by atoms with Crippen molar-refractivity contribution in [3.05, 3.63) is 28.0 Å². The van der Waals surface area contributed by atoms with Crippen molar-refractivity contribution < 1.29 is 4.39 Å². The van der Waals surface area contributed by atoms with E-state index >= 15 is 0 Å². The number of rotatable bonds is 0. The van der Waals surface area contributed by atoms with E-state index in [-0.39, 0.29) is 5.82 Å². The van der Waals surface area contributed by atoms with E-state index in [1.807, 2.05) is 0 Å². The zero-order valence-electron chi connectivity index (χ0n) is 8.65. The Balaban J connectivity index is 2.33. The highest BCUT2D eigenvalue weighted by Crippen LogP contribution is 2.29. The first-order valence-corrected chi connectivity index (χ1v) is 6.28. The number of fused-ring (bicyclic) bond motifs is 1. The molecule has 0 amide bonds. The molecule has 2 rings (SSSR count). The highest BCUT2D eigenvalue weighted by atomic mass is 79.9. The summed E-state index contributed by atoms with van der Waals surface area (Å²) in [6, 6.07) is 3.16. The van der Waals surface area contributed by atoms with Crippen molar-refractivity contribution in [2.75, 3.05) is 11.9 Å². The van der Waals surface area contributed by atoms with Gasteiger partial charge in [-0.15, -0.1) is 0 Å². The Bertz CT molecular complexity index is 352. The zero-order valence-corrected chi connectivity index (χ0v) is 10.2. The first-order valence-electron chi connectivity index (χ1n) is 5.49. The predicted octanol–water partition coefficient (Wildman–Crippen LogP) is 4.12. The second kappa shape index (κ2) is 4.97. The van der Waals surface area contributed by atoms with Crippen molar-refractivity contribution in [2.45, 2.75) is 32.1 Å². The second-order valence-corrected chi connectivity index (χ2v) is 4.86. The molecule has 1 aliphatic rings. The van der Waals surface area contributed by atoms with Crippen LogP contribution in [0.2, 0.25) is 0 Å². The highest BCUT2D eigenvalue weighted by Gasteiger charge is 2.10. The molecule has 0 unspecified atom stereocenters. The van der Waals surface area contributed by atoms with Gasteiger partial charge in [-0.3, -0.25) is 0 Å². The van der Waals surface area contributed by atoms with Crippen LogP contribution < -0.4 is 5.32 Å². The van der Waals surface area contributed by atoms with Gasteiger partial charge in [-0.05, 0) is 37.0 Å². The van der Waals surface area contributed by atoms with Crippen molar-refractivity contribution in [3.63, 3.8) is 0 Å². The van der Waals surface area contributed by atoms with Crippen LogP contribution in [0.3, 0.4) is 0 Å². The SMILES string of the molecule is Fc1cc(Br)c2c(c1)NCCCCCC2. The minimum Gasteiger partial charge on any atom is -0.385 e. The molecule has 1 aromatic rings. The molecule has 15 heavy (non-hydrogen) atoms. The molecule has 1 aliphatic heterocycles. The van der Waals surface area contributed by atoms with E-state index in [2.05, 4.69) is 21.2 Å².